The summed E-state index contributed by atoms with van der Waals surface area (Å²) in [5, 5.41) is 5.07. The van der Waals surface area contributed by atoms with Gasteiger partial charge in [-0.1, -0.05) is 44.2 Å². The molecule has 6 nitrogen and oxygen atoms in total. The molecule has 25 heavy (non-hydrogen) atoms. The number of benzene rings is 1. The molecule has 1 saturated heterocycles. The maximum Gasteiger partial charge on any atom is 0.321 e. The summed E-state index contributed by atoms with van der Waals surface area (Å²) >= 11 is 0. The molecule has 3 amide bonds. The summed E-state index contributed by atoms with van der Waals surface area (Å²) in [5.41, 5.74) is 7.17. The number of likely N-dealkylation sites (tertiary alicyclic amines) is 1. The van der Waals surface area contributed by atoms with Crippen LogP contribution in [-0.2, 0) is 4.79 Å². The van der Waals surface area contributed by atoms with Gasteiger partial charge < -0.3 is 11.1 Å². The van der Waals surface area contributed by atoms with Gasteiger partial charge in [0.15, 0.2) is 0 Å². The minimum atomic E-state index is -0.428. The van der Waals surface area contributed by atoms with Gasteiger partial charge in [-0.25, -0.2) is 4.79 Å². The van der Waals surface area contributed by atoms with E-state index in [1.54, 1.807) is 0 Å². The number of halogens is 1. The molecular formula is C18H29ClN4O2. The topological polar surface area (TPSA) is 87.5 Å². The summed E-state index contributed by atoms with van der Waals surface area (Å²) in [4.78, 5) is 25.8. The zero-order chi connectivity index (χ0) is 17.5. The highest BCUT2D eigenvalue weighted by Crippen LogP contribution is 2.31. The molecule has 7 heteroatoms. The lowest BCUT2D eigenvalue weighted by atomic mass is 9.89. The van der Waals surface area contributed by atoms with Crippen molar-refractivity contribution in [3.8, 4) is 0 Å². The monoisotopic (exact) mass is 368 g/mol. The molecule has 2 atom stereocenters. The average molecular weight is 369 g/mol. The predicted octanol–water partition coefficient (Wildman–Crippen LogP) is 1.56. The summed E-state index contributed by atoms with van der Waals surface area (Å²) in [7, 11) is 0. The van der Waals surface area contributed by atoms with Gasteiger partial charge in [0.05, 0.1) is 6.54 Å². The van der Waals surface area contributed by atoms with Crippen molar-refractivity contribution in [2.75, 3.05) is 32.7 Å². The third kappa shape index (κ3) is 6.65. The minimum Gasteiger partial charge on any atom is -0.338 e. The van der Waals surface area contributed by atoms with Gasteiger partial charge in [0.2, 0.25) is 5.91 Å². The third-order valence-corrected chi connectivity index (χ3v) is 4.34. The van der Waals surface area contributed by atoms with E-state index in [9.17, 15) is 9.59 Å². The molecule has 0 bridgehead atoms. The maximum atomic E-state index is 12.0. The molecular weight excluding hydrogens is 340 g/mol. The molecule has 0 unspecified atom stereocenters. The normalized spacial score (nSPS) is 20.2. The van der Waals surface area contributed by atoms with E-state index < -0.39 is 6.03 Å². The van der Waals surface area contributed by atoms with E-state index in [0.29, 0.717) is 30.8 Å². The van der Waals surface area contributed by atoms with Crippen molar-refractivity contribution < 1.29 is 9.59 Å². The maximum absolute atomic E-state index is 12.0. The van der Waals surface area contributed by atoms with Gasteiger partial charge >= 0.3 is 6.03 Å². The number of nitrogens with two attached hydrogens (primary N) is 1. The number of hydrogen-bond acceptors (Lipinski definition) is 4. The summed E-state index contributed by atoms with van der Waals surface area (Å²) < 4.78 is 0. The first kappa shape index (κ1) is 21.4. The highest BCUT2D eigenvalue weighted by atomic mass is 35.5. The van der Waals surface area contributed by atoms with Crippen LogP contribution in [0.15, 0.2) is 30.3 Å². The van der Waals surface area contributed by atoms with Crippen LogP contribution in [0.2, 0.25) is 0 Å². The third-order valence-electron chi connectivity index (χ3n) is 4.34. The number of hydrogen-bond donors (Lipinski definition) is 3. The van der Waals surface area contributed by atoms with Crippen LogP contribution in [0.1, 0.15) is 25.3 Å². The first-order valence-electron chi connectivity index (χ1n) is 8.54. The summed E-state index contributed by atoms with van der Waals surface area (Å²) in [5.74, 6) is 0.732. The number of nitrogens with one attached hydrogen (secondary N) is 2. The molecule has 140 valence electrons. The average Bonchev–Trinajstić information content (AvgIpc) is 2.96. The standard InChI is InChI=1S/C18H28N4O2.ClH/c1-13(2)9-20-18(24)21-17(23)12-22-10-15(8-19)16(11-22)14-6-4-3-5-7-14;/h3-7,13,15-16H,8-12,19H2,1-2H3,(H2,20,21,23,24);1H/t15-,16+;/m1./s1. The molecule has 1 heterocycles. The van der Waals surface area contributed by atoms with E-state index in [2.05, 4.69) is 27.7 Å². The number of nitrogens with zero attached hydrogens (tertiary/aromatic N) is 1. The fraction of sp³-hybridized carbons (Fsp3) is 0.556. The summed E-state index contributed by atoms with van der Waals surface area (Å²) in [6.45, 7) is 6.92. The molecule has 1 fully saturated rings. The van der Waals surface area contributed by atoms with Crippen LogP contribution >= 0.6 is 12.4 Å². The summed E-state index contributed by atoms with van der Waals surface area (Å²) in [6, 6.07) is 9.83. The number of carbonyl (C=O) groups excluding carboxylic acids is 2. The van der Waals surface area contributed by atoms with Crippen molar-refractivity contribution >= 4 is 24.3 Å². The second kappa shape index (κ2) is 10.4. The van der Waals surface area contributed by atoms with E-state index >= 15 is 0 Å². The first-order chi connectivity index (χ1) is 11.5. The Morgan fingerprint density at radius 2 is 1.92 bits per heavy atom. The second-order valence-corrected chi connectivity index (χ2v) is 6.86. The van der Waals surface area contributed by atoms with Gasteiger partial charge in [0, 0.05) is 25.6 Å². The molecule has 1 aromatic rings. The van der Waals surface area contributed by atoms with Gasteiger partial charge in [0.1, 0.15) is 0 Å². The summed E-state index contributed by atoms with van der Waals surface area (Å²) in [6.07, 6.45) is 0. The molecule has 0 aromatic heterocycles. The van der Waals surface area contributed by atoms with Crippen molar-refractivity contribution in [3.05, 3.63) is 35.9 Å². The molecule has 0 radical (unpaired) electrons. The first-order valence-corrected chi connectivity index (χ1v) is 8.54. The smallest absolute Gasteiger partial charge is 0.321 e. The number of imide groups is 1. The van der Waals surface area contributed by atoms with Gasteiger partial charge in [-0.15, -0.1) is 12.4 Å². The Bertz CT molecular complexity index is 553. The highest BCUT2D eigenvalue weighted by molar-refractivity contribution is 5.95. The van der Waals surface area contributed by atoms with Crippen molar-refractivity contribution in [2.24, 2.45) is 17.6 Å². The van der Waals surface area contributed by atoms with Gasteiger partial charge in [-0.3, -0.25) is 15.0 Å². The lowest BCUT2D eigenvalue weighted by Gasteiger charge is -2.16. The number of urea groups is 1. The fourth-order valence-corrected chi connectivity index (χ4v) is 3.12. The van der Waals surface area contributed by atoms with E-state index in [1.165, 1.54) is 5.56 Å². The minimum absolute atomic E-state index is 0. The van der Waals surface area contributed by atoms with Gasteiger partial charge in [-0.05, 0) is 23.9 Å². The van der Waals surface area contributed by atoms with Crippen molar-refractivity contribution in [3.63, 3.8) is 0 Å². The molecule has 0 aliphatic carbocycles. The van der Waals surface area contributed by atoms with Crippen LogP contribution in [-0.4, -0.2) is 49.6 Å². The Morgan fingerprint density at radius 1 is 1.24 bits per heavy atom. The quantitative estimate of drug-likeness (QED) is 0.711. The predicted molar refractivity (Wildman–Crippen MR) is 102 cm³/mol. The largest absolute Gasteiger partial charge is 0.338 e. The lowest BCUT2D eigenvalue weighted by molar-refractivity contribution is -0.120. The number of carbonyl (C=O) groups is 2. The van der Waals surface area contributed by atoms with Crippen LogP contribution in [0.25, 0.3) is 0 Å². The SMILES string of the molecule is CC(C)CNC(=O)NC(=O)CN1C[C@@H](CN)[C@H](c2ccccc2)C1.Cl. The number of amides is 3. The molecule has 2 rings (SSSR count). The van der Waals surface area contributed by atoms with E-state index in [1.807, 2.05) is 32.0 Å². The van der Waals surface area contributed by atoms with Crippen LogP contribution in [0, 0.1) is 11.8 Å². The Balaban J connectivity index is 0.00000312. The zero-order valence-corrected chi connectivity index (χ0v) is 15.7. The second-order valence-electron chi connectivity index (χ2n) is 6.86. The van der Waals surface area contributed by atoms with Crippen LogP contribution in [0.4, 0.5) is 4.79 Å². The van der Waals surface area contributed by atoms with E-state index in [-0.39, 0.29) is 24.9 Å². The van der Waals surface area contributed by atoms with E-state index in [0.717, 1.165) is 13.1 Å². The highest BCUT2D eigenvalue weighted by Gasteiger charge is 2.33. The number of rotatable bonds is 6. The van der Waals surface area contributed by atoms with Crippen molar-refractivity contribution in [1.82, 2.24) is 15.5 Å². The van der Waals surface area contributed by atoms with Crippen LogP contribution in [0.3, 0.4) is 0 Å². The Hall–Kier alpha value is -1.63. The Morgan fingerprint density at radius 3 is 2.52 bits per heavy atom. The lowest BCUT2D eigenvalue weighted by Crippen LogP contribution is -2.45. The Labute approximate surface area is 155 Å². The van der Waals surface area contributed by atoms with Crippen LogP contribution < -0.4 is 16.4 Å². The molecule has 0 saturated carbocycles. The molecule has 0 spiro atoms. The molecule has 4 N–H and O–H groups in total. The zero-order valence-electron chi connectivity index (χ0n) is 14.9. The van der Waals surface area contributed by atoms with Crippen molar-refractivity contribution in [2.45, 2.75) is 19.8 Å². The fourth-order valence-electron chi connectivity index (χ4n) is 3.12. The molecule has 1 aliphatic heterocycles. The molecule has 1 aliphatic rings. The van der Waals surface area contributed by atoms with Gasteiger partial charge in [0.25, 0.3) is 0 Å². The van der Waals surface area contributed by atoms with Crippen LogP contribution in [0.5, 0.6) is 0 Å². The Kier molecular flexibility index (Phi) is 8.89. The van der Waals surface area contributed by atoms with E-state index in [4.69, 9.17) is 5.73 Å². The van der Waals surface area contributed by atoms with Gasteiger partial charge in [-0.2, -0.15) is 0 Å². The molecule has 1 aromatic carbocycles. The van der Waals surface area contributed by atoms with Crippen molar-refractivity contribution in [1.29, 1.82) is 0 Å².